The summed E-state index contributed by atoms with van der Waals surface area (Å²) in [7, 11) is 0. The van der Waals surface area contributed by atoms with Crippen LogP contribution in [-0.2, 0) is 9.53 Å². The molecule has 3 fully saturated rings. The van der Waals surface area contributed by atoms with E-state index in [0.717, 1.165) is 57.7 Å². The number of piperazine rings is 1. The molecule has 2 N–H and O–H groups in total. The molecule has 27 heavy (non-hydrogen) atoms. The second-order valence-corrected chi connectivity index (χ2v) is 8.20. The molecule has 1 aromatic carbocycles. The molecule has 0 saturated carbocycles. The predicted octanol–water partition coefficient (Wildman–Crippen LogP) is 1.17. The lowest BCUT2D eigenvalue weighted by Gasteiger charge is -2.48. The molecule has 6 heteroatoms. The highest BCUT2D eigenvalue weighted by molar-refractivity contribution is 5.78. The molecule has 148 valence electrons. The van der Waals surface area contributed by atoms with Crippen LogP contribution >= 0.6 is 0 Å². The third kappa shape index (κ3) is 4.51. The Kier molecular flexibility index (Phi) is 5.78. The summed E-state index contributed by atoms with van der Waals surface area (Å²) in [6, 6.07) is 10.2. The SMILES string of the molecule is O=C(CN1CCC2(CC1)C[C@H](O)C[C@H](c1ccccc1)O2)N1CCNCC1. The molecule has 1 aromatic rings. The Morgan fingerprint density at radius 2 is 1.85 bits per heavy atom. The number of likely N-dealkylation sites (tertiary alicyclic amines) is 1. The van der Waals surface area contributed by atoms with Gasteiger partial charge in [0.25, 0.3) is 0 Å². The zero-order valence-electron chi connectivity index (χ0n) is 16.0. The van der Waals surface area contributed by atoms with Crippen molar-refractivity contribution in [3.05, 3.63) is 35.9 Å². The Balaban J connectivity index is 1.33. The number of aliphatic hydroxyl groups excluding tert-OH is 1. The average molecular weight is 373 g/mol. The van der Waals surface area contributed by atoms with Crippen LogP contribution in [0.2, 0.25) is 0 Å². The van der Waals surface area contributed by atoms with Crippen LogP contribution in [0.1, 0.15) is 37.4 Å². The van der Waals surface area contributed by atoms with Crippen molar-refractivity contribution in [3.8, 4) is 0 Å². The first kappa shape index (κ1) is 18.9. The van der Waals surface area contributed by atoms with E-state index in [1.54, 1.807) is 0 Å². The molecule has 1 amide bonds. The lowest BCUT2D eigenvalue weighted by Crippen LogP contribution is -2.54. The molecule has 3 heterocycles. The number of hydrogen-bond donors (Lipinski definition) is 2. The van der Waals surface area contributed by atoms with Gasteiger partial charge in [-0.25, -0.2) is 0 Å². The molecule has 0 unspecified atom stereocenters. The third-order valence-electron chi connectivity index (χ3n) is 6.25. The number of aliphatic hydroxyl groups is 1. The second-order valence-electron chi connectivity index (χ2n) is 8.20. The van der Waals surface area contributed by atoms with Gasteiger partial charge in [0.15, 0.2) is 0 Å². The van der Waals surface area contributed by atoms with Gasteiger partial charge in [-0.3, -0.25) is 9.69 Å². The molecule has 0 aromatic heterocycles. The van der Waals surface area contributed by atoms with E-state index < -0.39 is 0 Å². The van der Waals surface area contributed by atoms with E-state index in [1.807, 2.05) is 23.1 Å². The fourth-order valence-electron chi connectivity index (χ4n) is 4.68. The van der Waals surface area contributed by atoms with Crippen molar-refractivity contribution in [2.75, 3.05) is 45.8 Å². The van der Waals surface area contributed by atoms with Crippen LogP contribution in [0.4, 0.5) is 0 Å². The zero-order valence-corrected chi connectivity index (χ0v) is 16.0. The van der Waals surface area contributed by atoms with Crippen LogP contribution in [0, 0.1) is 0 Å². The first-order valence-corrected chi connectivity index (χ1v) is 10.3. The van der Waals surface area contributed by atoms with Crippen molar-refractivity contribution in [2.45, 2.75) is 43.5 Å². The molecule has 1 spiro atoms. The Labute approximate surface area is 161 Å². The summed E-state index contributed by atoms with van der Waals surface area (Å²) in [5.74, 6) is 0.235. The van der Waals surface area contributed by atoms with Gasteiger partial charge in [0.1, 0.15) is 0 Å². The number of carbonyl (C=O) groups is 1. The highest BCUT2D eigenvalue weighted by Crippen LogP contribution is 2.42. The maximum absolute atomic E-state index is 12.5. The Bertz CT molecular complexity index is 625. The van der Waals surface area contributed by atoms with Gasteiger partial charge in [-0.15, -0.1) is 0 Å². The monoisotopic (exact) mass is 373 g/mol. The van der Waals surface area contributed by atoms with E-state index in [-0.39, 0.29) is 23.7 Å². The van der Waals surface area contributed by atoms with Gasteiger partial charge in [-0.05, 0) is 18.4 Å². The fraction of sp³-hybridized carbons (Fsp3) is 0.667. The summed E-state index contributed by atoms with van der Waals surface area (Å²) >= 11 is 0. The standard InChI is InChI=1S/C21H31N3O3/c25-18-14-19(17-4-2-1-3-5-17)27-21(15-18)6-10-23(11-7-21)16-20(26)24-12-8-22-9-13-24/h1-5,18-19,22,25H,6-16H2/t18-,19-/m1/s1. The number of nitrogens with one attached hydrogen (secondary N) is 1. The van der Waals surface area contributed by atoms with Gasteiger partial charge in [-0.2, -0.15) is 0 Å². The number of nitrogens with zero attached hydrogens (tertiary/aromatic N) is 2. The Morgan fingerprint density at radius 3 is 2.56 bits per heavy atom. The molecule has 3 aliphatic heterocycles. The minimum atomic E-state index is -0.321. The number of ether oxygens (including phenoxy) is 1. The molecule has 4 rings (SSSR count). The van der Waals surface area contributed by atoms with E-state index in [0.29, 0.717) is 19.4 Å². The summed E-state index contributed by atoms with van der Waals surface area (Å²) in [5, 5.41) is 13.8. The van der Waals surface area contributed by atoms with E-state index in [2.05, 4.69) is 22.3 Å². The normalized spacial score (nSPS) is 29.0. The number of carbonyl (C=O) groups excluding carboxylic acids is 1. The van der Waals surface area contributed by atoms with Crippen LogP contribution in [0.5, 0.6) is 0 Å². The van der Waals surface area contributed by atoms with Crippen LogP contribution in [0.3, 0.4) is 0 Å². The molecule has 0 bridgehead atoms. The van der Waals surface area contributed by atoms with Gasteiger partial charge in [0, 0.05) is 52.1 Å². The van der Waals surface area contributed by atoms with Crippen molar-refractivity contribution in [1.29, 1.82) is 0 Å². The lowest BCUT2D eigenvalue weighted by molar-refractivity contribution is -0.185. The Hall–Kier alpha value is -1.47. The van der Waals surface area contributed by atoms with Crippen LogP contribution < -0.4 is 5.32 Å². The number of piperidine rings is 1. The quantitative estimate of drug-likeness (QED) is 0.833. The lowest BCUT2D eigenvalue weighted by atomic mass is 9.81. The minimum Gasteiger partial charge on any atom is -0.393 e. The van der Waals surface area contributed by atoms with Gasteiger partial charge in [0.2, 0.25) is 5.91 Å². The van der Waals surface area contributed by atoms with Gasteiger partial charge >= 0.3 is 0 Å². The summed E-state index contributed by atoms with van der Waals surface area (Å²) in [6.07, 6.45) is 2.76. The molecule has 2 atom stereocenters. The van der Waals surface area contributed by atoms with E-state index in [9.17, 15) is 9.90 Å². The van der Waals surface area contributed by atoms with E-state index in [1.165, 1.54) is 0 Å². The Morgan fingerprint density at radius 1 is 1.15 bits per heavy atom. The predicted molar refractivity (Wildman–Crippen MR) is 103 cm³/mol. The maximum atomic E-state index is 12.5. The summed E-state index contributed by atoms with van der Waals surface area (Å²) < 4.78 is 6.55. The molecule has 3 aliphatic rings. The number of hydrogen-bond acceptors (Lipinski definition) is 5. The average Bonchev–Trinajstić information content (AvgIpc) is 2.71. The highest BCUT2D eigenvalue weighted by atomic mass is 16.5. The summed E-state index contributed by atoms with van der Waals surface area (Å²) in [5.41, 5.74) is 0.888. The summed E-state index contributed by atoms with van der Waals surface area (Å²) in [6.45, 7) is 5.61. The second kappa shape index (κ2) is 8.27. The highest BCUT2D eigenvalue weighted by Gasteiger charge is 2.43. The van der Waals surface area contributed by atoms with E-state index in [4.69, 9.17) is 4.74 Å². The van der Waals surface area contributed by atoms with Crippen LogP contribution in [0.25, 0.3) is 0 Å². The van der Waals surface area contributed by atoms with Crippen molar-refractivity contribution in [3.63, 3.8) is 0 Å². The zero-order chi connectivity index (χ0) is 18.7. The third-order valence-corrected chi connectivity index (χ3v) is 6.25. The van der Waals surface area contributed by atoms with Crippen molar-refractivity contribution < 1.29 is 14.6 Å². The molecular weight excluding hydrogens is 342 g/mol. The summed E-state index contributed by atoms with van der Waals surface area (Å²) in [4.78, 5) is 16.7. The fourth-order valence-corrected chi connectivity index (χ4v) is 4.68. The van der Waals surface area contributed by atoms with Crippen molar-refractivity contribution >= 4 is 5.91 Å². The van der Waals surface area contributed by atoms with Crippen molar-refractivity contribution in [1.82, 2.24) is 15.1 Å². The van der Waals surface area contributed by atoms with Gasteiger partial charge < -0.3 is 20.1 Å². The van der Waals surface area contributed by atoms with E-state index >= 15 is 0 Å². The molecular formula is C21H31N3O3. The minimum absolute atomic E-state index is 0.0380. The number of benzene rings is 1. The van der Waals surface area contributed by atoms with Gasteiger partial charge in [0.05, 0.1) is 24.4 Å². The largest absolute Gasteiger partial charge is 0.393 e. The molecule has 0 aliphatic carbocycles. The van der Waals surface area contributed by atoms with Crippen LogP contribution in [0.15, 0.2) is 30.3 Å². The topological polar surface area (TPSA) is 65.0 Å². The number of rotatable bonds is 3. The van der Waals surface area contributed by atoms with Crippen LogP contribution in [-0.4, -0.2) is 78.3 Å². The first-order chi connectivity index (χ1) is 13.1. The molecule has 3 saturated heterocycles. The molecule has 0 radical (unpaired) electrons. The smallest absolute Gasteiger partial charge is 0.236 e. The maximum Gasteiger partial charge on any atom is 0.236 e. The molecule has 6 nitrogen and oxygen atoms in total. The number of amides is 1. The first-order valence-electron chi connectivity index (χ1n) is 10.3. The van der Waals surface area contributed by atoms with Crippen molar-refractivity contribution in [2.24, 2.45) is 0 Å². The van der Waals surface area contributed by atoms with Gasteiger partial charge in [-0.1, -0.05) is 30.3 Å².